The molecule has 1 aliphatic carbocycles. The molecule has 0 amide bonds. The van der Waals surface area contributed by atoms with Gasteiger partial charge in [0.15, 0.2) is 0 Å². The second kappa shape index (κ2) is 4.43. The van der Waals surface area contributed by atoms with Crippen LogP contribution in [0, 0.1) is 6.07 Å². The molecule has 0 atom stereocenters. The van der Waals surface area contributed by atoms with Gasteiger partial charge in [-0.25, -0.2) is 0 Å². The standard InChI is InChI=1S/C17H17N2.Pt/c1-17(2)13-5-4-9-18-15(13)12-7-6-11-8-10-19(3)16(11)14(12)17;/h4-6,9H,8,10H2,1-3H3;/q-1;. The molecule has 0 N–H and O–H groups in total. The van der Waals surface area contributed by atoms with Crippen LogP contribution < -0.4 is 4.90 Å². The van der Waals surface area contributed by atoms with E-state index >= 15 is 0 Å². The number of hydrogen-bond acceptors (Lipinski definition) is 2. The quantitative estimate of drug-likeness (QED) is 0.581. The van der Waals surface area contributed by atoms with Crippen molar-refractivity contribution in [3.05, 3.63) is 47.2 Å². The Morgan fingerprint density at radius 1 is 1.35 bits per heavy atom. The summed E-state index contributed by atoms with van der Waals surface area (Å²) in [4.78, 5) is 6.98. The fourth-order valence-corrected chi connectivity index (χ4v) is 3.64. The Labute approximate surface area is 134 Å². The van der Waals surface area contributed by atoms with E-state index in [0.29, 0.717) is 0 Å². The third-order valence-corrected chi connectivity index (χ3v) is 4.62. The van der Waals surface area contributed by atoms with Gasteiger partial charge in [0.2, 0.25) is 0 Å². The van der Waals surface area contributed by atoms with Crippen LogP contribution in [-0.2, 0) is 32.9 Å². The molecule has 0 fully saturated rings. The first kappa shape index (κ1) is 13.8. The summed E-state index contributed by atoms with van der Waals surface area (Å²) >= 11 is 0. The zero-order valence-electron chi connectivity index (χ0n) is 11.9. The topological polar surface area (TPSA) is 16.1 Å². The van der Waals surface area contributed by atoms with Gasteiger partial charge in [0, 0.05) is 40.9 Å². The van der Waals surface area contributed by atoms with Gasteiger partial charge in [-0.2, -0.15) is 0 Å². The van der Waals surface area contributed by atoms with Crippen molar-refractivity contribution in [2.75, 3.05) is 18.5 Å². The third kappa shape index (κ3) is 1.58. The minimum absolute atomic E-state index is 0. The molecule has 1 aromatic heterocycles. The SMILES string of the molecule is CN1CCc2c[c-]c3c(c21)C(C)(C)c1cccnc1-3.[Pt]. The van der Waals surface area contributed by atoms with Gasteiger partial charge < -0.3 is 9.88 Å². The molecule has 2 nitrogen and oxygen atoms in total. The van der Waals surface area contributed by atoms with E-state index in [1.165, 1.54) is 27.9 Å². The van der Waals surface area contributed by atoms with E-state index in [2.05, 4.69) is 49.0 Å². The molecule has 2 aromatic rings. The minimum Gasteiger partial charge on any atom is -0.390 e. The van der Waals surface area contributed by atoms with Crippen molar-refractivity contribution in [3.63, 3.8) is 0 Å². The Kier molecular flexibility index (Phi) is 3.06. The van der Waals surface area contributed by atoms with Gasteiger partial charge in [-0.15, -0.1) is 23.3 Å². The molecule has 20 heavy (non-hydrogen) atoms. The first-order valence-corrected chi connectivity index (χ1v) is 6.86. The van der Waals surface area contributed by atoms with E-state index in [0.717, 1.165) is 18.7 Å². The molecule has 0 saturated heterocycles. The molecular weight excluding hydrogens is 427 g/mol. The monoisotopic (exact) mass is 444 g/mol. The van der Waals surface area contributed by atoms with Gasteiger partial charge in [0.05, 0.1) is 0 Å². The Morgan fingerprint density at radius 3 is 2.95 bits per heavy atom. The summed E-state index contributed by atoms with van der Waals surface area (Å²) in [6.45, 7) is 5.72. The maximum atomic E-state index is 4.60. The molecule has 1 aliphatic heterocycles. The predicted octanol–water partition coefficient (Wildman–Crippen LogP) is 3.18. The maximum Gasteiger partial charge on any atom is 0.0160 e. The van der Waals surface area contributed by atoms with Crippen LogP contribution in [0.4, 0.5) is 5.69 Å². The molecule has 0 radical (unpaired) electrons. The van der Waals surface area contributed by atoms with Crippen LogP contribution in [0.1, 0.15) is 30.5 Å². The predicted molar refractivity (Wildman–Crippen MR) is 77.6 cm³/mol. The number of benzene rings is 1. The average molecular weight is 444 g/mol. The Bertz CT molecular complexity index is 691. The summed E-state index contributed by atoms with van der Waals surface area (Å²) in [5, 5.41) is 0. The molecule has 2 aliphatic rings. The van der Waals surface area contributed by atoms with Gasteiger partial charge in [0.1, 0.15) is 0 Å². The molecule has 106 valence electrons. The Morgan fingerprint density at radius 2 is 2.15 bits per heavy atom. The van der Waals surface area contributed by atoms with E-state index in [1.807, 2.05) is 12.3 Å². The average Bonchev–Trinajstić information content (AvgIpc) is 2.89. The van der Waals surface area contributed by atoms with E-state index in [9.17, 15) is 0 Å². The van der Waals surface area contributed by atoms with E-state index in [4.69, 9.17) is 0 Å². The number of fused-ring (bicyclic) bond motifs is 5. The third-order valence-electron chi connectivity index (χ3n) is 4.62. The van der Waals surface area contributed by atoms with E-state index in [-0.39, 0.29) is 26.5 Å². The second-order valence-electron chi connectivity index (χ2n) is 6.11. The molecule has 0 bridgehead atoms. The van der Waals surface area contributed by atoms with Crippen LogP contribution in [0.25, 0.3) is 11.3 Å². The second-order valence-corrected chi connectivity index (χ2v) is 6.11. The van der Waals surface area contributed by atoms with Gasteiger partial charge in [-0.05, 0) is 29.3 Å². The molecule has 3 heteroatoms. The van der Waals surface area contributed by atoms with Crippen LogP contribution in [0.5, 0.6) is 0 Å². The molecule has 2 heterocycles. The summed E-state index contributed by atoms with van der Waals surface area (Å²) < 4.78 is 0. The minimum atomic E-state index is 0. The van der Waals surface area contributed by atoms with E-state index in [1.54, 1.807) is 0 Å². The number of hydrogen-bond donors (Lipinski definition) is 0. The summed E-state index contributed by atoms with van der Waals surface area (Å²) in [6.07, 6.45) is 3.02. The van der Waals surface area contributed by atoms with Crippen molar-refractivity contribution < 1.29 is 21.1 Å². The van der Waals surface area contributed by atoms with Crippen LogP contribution in [0.3, 0.4) is 0 Å². The first-order chi connectivity index (χ1) is 9.10. The zero-order chi connectivity index (χ0) is 13.2. The molecule has 0 unspecified atom stereocenters. The van der Waals surface area contributed by atoms with Crippen molar-refractivity contribution in [2.45, 2.75) is 25.7 Å². The Hall–Kier alpha value is -1.14. The molecular formula is C17H17N2Pt-. The molecule has 0 saturated carbocycles. The molecule has 1 aromatic carbocycles. The van der Waals surface area contributed by atoms with Crippen molar-refractivity contribution in [2.24, 2.45) is 0 Å². The van der Waals surface area contributed by atoms with Gasteiger partial charge in [0.25, 0.3) is 0 Å². The zero-order valence-corrected chi connectivity index (χ0v) is 14.2. The fourth-order valence-electron chi connectivity index (χ4n) is 3.64. The number of rotatable bonds is 0. The fraction of sp³-hybridized carbons (Fsp3) is 0.353. The van der Waals surface area contributed by atoms with Crippen LogP contribution >= 0.6 is 0 Å². The first-order valence-electron chi connectivity index (χ1n) is 6.86. The summed E-state index contributed by atoms with van der Waals surface area (Å²) in [5.41, 5.74) is 7.94. The van der Waals surface area contributed by atoms with Gasteiger partial charge >= 0.3 is 0 Å². The normalized spacial score (nSPS) is 17.2. The number of aromatic nitrogens is 1. The van der Waals surface area contributed by atoms with Crippen molar-refractivity contribution in [1.82, 2.24) is 4.98 Å². The number of likely N-dealkylation sites (N-methyl/N-ethyl adjacent to an activating group) is 1. The maximum absolute atomic E-state index is 4.60. The van der Waals surface area contributed by atoms with Crippen LogP contribution in [0.2, 0.25) is 0 Å². The summed E-state index contributed by atoms with van der Waals surface area (Å²) in [6, 6.07) is 9.90. The Balaban J connectivity index is 0.00000121. The van der Waals surface area contributed by atoms with Crippen LogP contribution in [-0.4, -0.2) is 18.6 Å². The van der Waals surface area contributed by atoms with E-state index < -0.39 is 0 Å². The van der Waals surface area contributed by atoms with Crippen molar-refractivity contribution in [1.29, 1.82) is 0 Å². The van der Waals surface area contributed by atoms with Gasteiger partial charge in [-0.3, -0.25) is 0 Å². The van der Waals surface area contributed by atoms with Gasteiger partial charge in [-0.1, -0.05) is 31.0 Å². The summed E-state index contributed by atoms with van der Waals surface area (Å²) in [7, 11) is 2.19. The smallest absolute Gasteiger partial charge is 0.0160 e. The largest absolute Gasteiger partial charge is 0.390 e. The molecule has 0 spiro atoms. The number of anilines is 1. The van der Waals surface area contributed by atoms with Crippen LogP contribution in [0.15, 0.2) is 24.4 Å². The summed E-state index contributed by atoms with van der Waals surface area (Å²) in [5.74, 6) is 0. The number of nitrogens with zero attached hydrogens (tertiary/aromatic N) is 2. The van der Waals surface area contributed by atoms with Crippen molar-refractivity contribution in [3.8, 4) is 11.3 Å². The molecule has 4 rings (SSSR count). The number of pyridine rings is 1. The van der Waals surface area contributed by atoms with Crippen molar-refractivity contribution >= 4 is 5.69 Å².